The molecule has 12 heteroatoms. The lowest BCUT2D eigenvalue weighted by molar-refractivity contribution is -0.154. The Hall–Kier alpha value is -3.95. The third-order valence-corrected chi connectivity index (χ3v) is 5.71. The maximum atomic E-state index is 12.5. The predicted octanol–water partition coefficient (Wildman–Crippen LogP) is 2.15. The van der Waals surface area contributed by atoms with Gasteiger partial charge in [0.2, 0.25) is 0 Å². The van der Waals surface area contributed by atoms with Gasteiger partial charge in [-0.05, 0) is 18.2 Å². The molecular weight excluding hydrogens is 476 g/mol. The number of urea groups is 1. The fourth-order valence-electron chi connectivity index (χ4n) is 3.19. The van der Waals surface area contributed by atoms with Crippen LogP contribution in [0.3, 0.4) is 0 Å². The Kier molecular flexibility index (Phi) is 8.77. The van der Waals surface area contributed by atoms with Gasteiger partial charge >= 0.3 is 18.0 Å². The maximum Gasteiger partial charge on any atom is 0.323 e. The molecule has 2 N–H and O–H groups in total. The number of amides is 3. The molecule has 0 saturated carbocycles. The molecule has 1 fully saturated rings. The van der Waals surface area contributed by atoms with Crippen molar-refractivity contribution in [2.24, 2.45) is 0 Å². The first-order valence-corrected chi connectivity index (χ1v) is 11.3. The van der Waals surface area contributed by atoms with Crippen LogP contribution in [0.15, 0.2) is 52.5 Å². The number of hydrogen-bond donors (Lipinski definition) is 2. The normalized spacial score (nSPS) is 18.7. The lowest BCUT2D eigenvalue weighted by Crippen LogP contribution is -2.44. The molecule has 0 spiro atoms. The number of nitriles is 1. The average molecular weight is 499 g/mol. The molecule has 2 heterocycles. The Balaban J connectivity index is 1.59. The largest absolute Gasteiger partial charge is 0.463 e. The number of benzene rings is 1. The van der Waals surface area contributed by atoms with Crippen LogP contribution in [0.2, 0.25) is 0 Å². The van der Waals surface area contributed by atoms with Crippen LogP contribution in [0.1, 0.15) is 36.2 Å². The second kappa shape index (κ2) is 12.0. The second-order valence-corrected chi connectivity index (χ2v) is 8.44. The smallest absolute Gasteiger partial charge is 0.323 e. The van der Waals surface area contributed by atoms with Crippen molar-refractivity contribution < 1.29 is 33.4 Å². The van der Waals surface area contributed by atoms with Crippen LogP contribution in [-0.2, 0) is 23.8 Å². The quantitative estimate of drug-likeness (QED) is 0.542. The van der Waals surface area contributed by atoms with Crippen molar-refractivity contribution in [3.05, 3.63) is 53.7 Å². The summed E-state index contributed by atoms with van der Waals surface area (Å²) in [6, 6.07) is 11.8. The van der Waals surface area contributed by atoms with Crippen LogP contribution in [0.5, 0.6) is 0 Å². The third kappa shape index (κ3) is 7.53. The van der Waals surface area contributed by atoms with E-state index in [1.165, 1.54) is 37.9 Å². The van der Waals surface area contributed by atoms with Crippen molar-refractivity contribution in [3.8, 4) is 6.07 Å². The van der Waals surface area contributed by atoms with Crippen LogP contribution >= 0.6 is 11.8 Å². The number of carbonyl (C=O) groups excluding carboxylic acids is 4. The van der Waals surface area contributed by atoms with Gasteiger partial charge in [-0.2, -0.15) is 5.26 Å². The number of aromatic nitrogens is 1. The molecule has 0 aliphatic carbocycles. The number of imide groups is 1. The lowest BCUT2D eigenvalue weighted by atomic mass is 10.2. The number of nitrogens with one attached hydrogen (secondary N) is 2. The highest BCUT2D eigenvalue weighted by molar-refractivity contribution is 7.99. The summed E-state index contributed by atoms with van der Waals surface area (Å²) in [6.45, 7) is 2.29. The monoisotopic (exact) mass is 498 g/mol. The molecule has 2 aromatic rings. The third-order valence-electron chi connectivity index (χ3n) is 4.68. The molecule has 3 rings (SSSR count). The molecule has 3 atom stereocenters. The van der Waals surface area contributed by atoms with E-state index in [4.69, 9.17) is 14.2 Å². The van der Waals surface area contributed by atoms with Crippen molar-refractivity contribution in [1.29, 1.82) is 5.26 Å². The van der Waals surface area contributed by atoms with Gasteiger partial charge in [-0.3, -0.25) is 19.7 Å². The first-order chi connectivity index (χ1) is 16.7. The average Bonchev–Trinajstić information content (AvgIpc) is 3.18. The number of hydrogen-bond acceptors (Lipinski definition) is 10. The summed E-state index contributed by atoms with van der Waals surface area (Å²) >= 11 is 1.28. The number of nitrogens with zero attached hydrogens (tertiary/aromatic N) is 2. The fraction of sp³-hybridized carbons (Fsp3) is 0.304. The highest BCUT2D eigenvalue weighted by atomic mass is 32.2. The molecule has 1 saturated heterocycles. The van der Waals surface area contributed by atoms with Gasteiger partial charge in [0, 0.05) is 31.4 Å². The van der Waals surface area contributed by atoms with Gasteiger partial charge in [-0.25, -0.2) is 9.78 Å². The van der Waals surface area contributed by atoms with Crippen molar-refractivity contribution in [3.63, 3.8) is 0 Å². The van der Waals surface area contributed by atoms with E-state index in [1.807, 2.05) is 36.4 Å². The first-order valence-electron chi connectivity index (χ1n) is 10.5. The topological polar surface area (TPSA) is 157 Å². The van der Waals surface area contributed by atoms with Crippen molar-refractivity contribution in [2.75, 3.05) is 6.61 Å². The van der Waals surface area contributed by atoms with Crippen molar-refractivity contribution >= 4 is 35.6 Å². The zero-order chi connectivity index (χ0) is 25.4. The van der Waals surface area contributed by atoms with Crippen LogP contribution in [0.4, 0.5) is 4.79 Å². The molecule has 1 aliphatic heterocycles. The summed E-state index contributed by atoms with van der Waals surface area (Å²) in [6.07, 6.45) is -1.05. The first kappa shape index (κ1) is 25.7. The van der Waals surface area contributed by atoms with E-state index in [1.54, 1.807) is 0 Å². The summed E-state index contributed by atoms with van der Waals surface area (Å²) in [5.74, 6) is -1.86. The van der Waals surface area contributed by atoms with Crippen LogP contribution in [0, 0.1) is 11.3 Å². The molecule has 182 valence electrons. The van der Waals surface area contributed by atoms with Crippen molar-refractivity contribution in [2.45, 2.75) is 48.6 Å². The molecule has 1 aliphatic rings. The zero-order valence-electron chi connectivity index (χ0n) is 18.8. The molecule has 11 nitrogen and oxygen atoms in total. The van der Waals surface area contributed by atoms with E-state index in [0.29, 0.717) is 5.03 Å². The van der Waals surface area contributed by atoms with E-state index >= 15 is 0 Å². The van der Waals surface area contributed by atoms with Crippen molar-refractivity contribution in [1.82, 2.24) is 15.6 Å². The molecule has 1 aromatic carbocycles. The number of pyridine rings is 1. The van der Waals surface area contributed by atoms with Gasteiger partial charge < -0.3 is 19.5 Å². The fourth-order valence-corrected chi connectivity index (χ4v) is 4.03. The summed E-state index contributed by atoms with van der Waals surface area (Å²) in [5.41, 5.74) is 0.204. The number of ether oxygens (including phenoxy) is 3. The molecule has 3 amide bonds. The van der Waals surface area contributed by atoms with E-state index in [2.05, 4.69) is 15.6 Å². The van der Waals surface area contributed by atoms with E-state index in [-0.39, 0.29) is 24.2 Å². The zero-order valence-corrected chi connectivity index (χ0v) is 19.7. The molecule has 0 unspecified atom stereocenters. The Labute approximate surface area is 205 Å². The van der Waals surface area contributed by atoms with E-state index in [9.17, 15) is 24.4 Å². The highest BCUT2D eigenvalue weighted by Gasteiger charge is 2.39. The van der Waals surface area contributed by atoms with Crippen LogP contribution < -0.4 is 10.6 Å². The molecule has 35 heavy (non-hydrogen) atoms. The van der Waals surface area contributed by atoms with Gasteiger partial charge in [0.25, 0.3) is 5.91 Å². The Morgan fingerprint density at radius 2 is 1.94 bits per heavy atom. The summed E-state index contributed by atoms with van der Waals surface area (Å²) in [7, 11) is 0. The SMILES string of the molecule is CC(=O)OC[C@H]1O[C@@H](NC(=O)NC(=O)c2cnc(Sc3ccccc3)c(C#N)c2)C[C@@H]1OC(C)=O. The molecule has 0 radical (unpaired) electrons. The lowest BCUT2D eigenvalue weighted by Gasteiger charge is -2.17. The Morgan fingerprint density at radius 3 is 2.60 bits per heavy atom. The Morgan fingerprint density at radius 1 is 1.20 bits per heavy atom. The van der Waals surface area contributed by atoms with Gasteiger partial charge in [0.15, 0.2) is 0 Å². The van der Waals surface area contributed by atoms with Crippen LogP contribution in [-0.4, -0.2) is 53.9 Å². The Bertz CT molecular complexity index is 1150. The second-order valence-electron chi connectivity index (χ2n) is 7.38. The summed E-state index contributed by atoms with van der Waals surface area (Å²) in [5, 5.41) is 14.5. The summed E-state index contributed by atoms with van der Waals surface area (Å²) in [4.78, 5) is 52.3. The minimum Gasteiger partial charge on any atom is -0.463 e. The standard InChI is InChI=1S/C23H22N4O7S/c1-13(28)32-12-19-18(33-14(2)29)9-20(34-19)26-23(31)27-21(30)16-8-15(10-24)22(25-11-16)35-17-6-4-3-5-7-17/h3-8,11,18-20H,9,12H2,1-2H3,(H2,26,27,30,31)/t18-,19+,20+/m0/s1. The minimum atomic E-state index is -0.898. The summed E-state index contributed by atoms with van der Waals surface area (Å²) < 4.78 is 15.7. The maximum absolute atomic E-state index is 12.5. The number of esters is 2. The molecular formula is C23H22N4O7S. The van der Waals surface area contributed by atoms with E-state index < -0.39 is 42.3 Å². The number of rotatable bonds is 7. The van der Waals surface area contributed by atoms with Crippen LogP contribution in [0.25, 0.3) is 0 Å². The molecule has 1 aromatic heterocycles. The number of carbonyl (C=O) groups is 4. The highest BCUT2D eigenvalue weighted by Crippen LogP contribution is 2.28. The minimum absolute atomic E-state index is 0.0203. The van der Waals surface area contributed by atoms with Gasteiger partial charge in [0.1, 0.15) is 36.1 Å². The predicted molar refractivity (Wildman–Crippen MR) is 121 cm³/mol. The van der Waals surface area contributed by atoms with Gasteiger partial charge in [-0.15, -0.1) is 0 Å². The van der Waals surface area contributed by atoms with Gasteiger partial charge in [0.05, 0.1) is 11.1 Å². The van der Waals surface area contributed by atoms with E-state index in [0.717, 1.165) is 4.90 Å². The van der Waals surface area contributed by atoms with Gasteiger partial charge in [-0.1, -0.05) is 30.0 Å². The molecule has 0 bridgehead atoms.